The SMILES string of the molecule is COCc1cccc(CNC(C)C(=O)NC2CCCC2)c1. The molecule has 1 atom stereocenters. The van der Waals surface area contributed by atoms with Crippen molar-refractivity contribution in [3.8, 4) is 0 Å². The number of carbonyl (C=O) groups excluding carboxylic acids is 1. The van der Waals surface area contributed by atoms with Crippen LogP contribution >= 0.6 is 0 Å². The summed E-state index contributed by atoms with van der Waals surface area (Å²) in [7, 11) is 1.69. The second kappa shape index (κ2) is 8.15. The van der Waals surface area contributed by atoms with E-state index in [0.29, 0.717) is 19.2 Å². The number of amides is 1. The zero-order valence-corrected chi connectivity index (χ0v) is 13.0. The highest BCUT2D eigenvalue weighted by Gasteiger charge is 2.20. The molecular weight excluding hydrogens is 264 g/mol. The molecule has 0 radical (unpaired) electrons. The standard InChI is InChI=1S/C17H26N2O2/c1-13(17(20)19-16-8-3-4-9-16)18-11-14-6-5-7-15(10-14)12-21-2/h5-7,10,13,16,18H,3-4,8-9,11-12H2,1-2H3,(H,19,20). The molecule has 2 rings (SSSR count). The zero-order chi connectivity index (χ0) is 15.1. The molecule has 2 N–H and O–H groups in total. The van der Waals surface area contributed by atoms with Crippen LogP contribution in [0.5, 0.6) is 0 Å². The number of hydrogen-bond acceptors (Lipinski definition) is 3. The largest absolute Gasteiger partial charge is 0.380 e. The predicted octanol–water partition coefficient (Wildman–Crippen LogP) is 2.37. The molecule has 1 aromatic carbocycles. The number of benzene rings is 1. The van der Waals surface area contributed by atoms with Gasteiger partial charge >= 0.3 is 0 Å². The quantitative estimate of drug-likeness (QED) is 0.810. The fourth-order valence-electron chi connectivity index (χ4n) is 2.76. The van der Waals surface area contributed by atoms with E-state index >= 15 is 0 Å². The Morgan fingerprint density at radius 2 is 2.05 bits per heavy atom. The first kappa shape index (κ1) is 16.0. The van der Waals surface area contributed by atoms with Crippen LogP contribution in [0.15, 0.2) is 24.3 Å². The van der Waals surface area contributed by atoms with Crippen molar-refractivity contribution in [2.75, 3.05) is 7.11 Å². The lowest BCUT2D eigenvalue weighted by Crippen LogP contribution is -2.45. The van der Waals surface area contributed by atoms with E-state index in [1.165, 1.54) is 18.4 Å². The van der Waals surface area contributed by atoms with Crippen LogP contribution in [0.4, 0.5) is 0 Å². The van der Waals surface area contributed by atoms with Crippen molar-refractivity contribution < 1.29 is 9.53 Å². The minimum absolute atomic E-state index is 0.106. The number of carbonyl (C=O) groups is 1. The number of ether oxygens (including phenoxy) is 1. The summed E-state index contributed by atoms with van der Waals surface area (Å²) in [5.74, 6) is 0.106. The molecule has 1 aliphatic carbocycles. The Labute approximate surface area is 127 Å². The van der Waals surface area contributed by atoms with Gasteiger partial charge in [0, 0.05) is 19.7 Å². The molecule has 4 heteroatoms. The normalized spacial score (nSPS) is 16.9. The average molecular weight is 290 g/mol. The number of hydrogen-bond donors (Lipinski definition) is 2. The molecule has 21 heavy (non-hydrogen) atoms. The van der Waals surface area contributed by atoms with Gasteiger partial charge in [0.25, 0.3) is 0 Å². The van der Waals surface area contributed by atoms with Gasteiger partial charge in [0.15, 0.2) is 0 Å². The van der Waals surface area contributed by atoms with Crippen LogP contribution in [-0.2, 0) is 22.7 Å². The topological polar surface area (TPSA) is 50.4 Å². The molecule has 4 nitrogen and oxygen atoms in total. The van der Waals surface area contributed by atoms with Crippen molar-refractivity contribution >= 4 is 5.91 Å². The summed E-state index contributed by atoms with van der Waals surface area (Å²) in [6, 6.07) is 8.45. The van der Waals surface area contributed by atoms with E-state index in [1.807, 2.05) is 19.1 Å². The van der Waals surface area contributed by atoms with Crippen molar-refractivity contribution in [3.63, 3.8) is 0 Å². The van der Waals surface area contributed by atoms with Crippen LogP contribution in [0.3, 0.4) is 0 Å². The van der Waals surface area contributed by atoms with Crippen molar-refractivity contribution in [3.05, 3.63) is 35.4 Å². The third-order valence-corrected chi connectivity index (χ3v) is 4.01. The molecule has 0 aliphatic heterocycles. The average Bonchev–Trinajstić information content (AvgIpc) is 2.98. The minimum Gasteiger partial charge on any atom is -0.380 e. The Kier molecular flexibility index (Phi) is 6.21. The Bertz CT molecular complexity index is 456. The number of methoxy groups -OCH3 is 1. The van der Waals surface area contributed by atoms with E-state index in [2.05, 4.69) is 22.8 Å². The van der Waals surface area contributed by atoms with E-state index in [9.17, 15) is 4.79 Å². The molecule has 116 valence electrons. The second-order valence-corrected chi connectivity index (χ2v) is 5.85. The van der Waals surface area contributed by atoms with Gasteiger partial charge in [-0.15, -0.1) is 0 Å². The third-order valence-electron chi connectivity index (χ3n) is 4.01. The molecule has 0 spiro atoms. The highest BCUT2D eigenvalue weighted by molar-refractivity contribution is 5.81. The van der Waals surface area contributed by atoms with E-state index < -0.39 is 0 Å². The summed E-state index contributed by atoms with van der Waals surface area (Å²) in [5.41, 5.74) is 2.32. The molecular formula is C17H26N2O2. The molecule has 1 fully saturated rings. The van der Waals surface area contributed by atoms with Crippen molar-refractivity contribution in [2.45, 2.75) is 57.8 Å². The lowest BCUT2D eigenvalue weighted by Gasteiger charge is -2.18. The van der Waals surface area contributed by atoms with E-state index in [1.54, 1.807) is 7.11 Å². The molecule has 1 amide bonds. The molecule has 0 aromatic heterocycles. The third kappa shape index (κ3) is 5.14. The van der Waals surface area contributed by atoms with E-state index in [0.717, 1.165) is 18.4 Å². The molecule has 1 aromatic rings. The summed E-state index contributed by atoms with van der Waals surface area (Å²) in [5, 5.41) is 6.41. The Morgan fingerprint density at radius 1 is 1.33 bits per heavy atom. The molecule has 0 heterocycles. The summed E-state index contributed by atoms with van der Waals surface area (Å²) in [6.45, 7) is 3.23. The maximum absolute atomic E-state index is 12.1. The summed E-state index contributed by atoms with van der Waals surface area (Å²) in [6.07, 6.45) is 4.72. The van der Waals surface area contributed by atoms with Crippen LogP contribution < -0.4 is 10.6 Å². The Hall–Kier alpha value is -1.39. The first-order valence-corrected chi connectivity index (χ1v) is 7.79. The van der Waals surface area contributed by atoms with Gasteiger partial charge in [-0.25, -0.2) is 0 Å². The highest BCUT2D eigenvalue weighted by atomic mass is 16.5. The maximum atomic E-state index is 12.1. The van der Waals surface area contributed by atoms with Crippen LogP contribution in [0.25, 0.3) is 0 Å². The molecule has 0 bridgehead atoms. The van der Waals surface area contributed by atoms with Gasteiger partial charge in [-0.3, -0.25) is 4.79 Å². The molecule has 0 saturated heterocycles. The van der Waals surface area contributed by atoms with Gasteiger partial charge in [-0.05, 0) is 30.9 Å². The van der Waals surface area contributed by atoms with Crippen molar-refractivity contribution in [1.82, 2.24) is 10.6 Å². The fourth-order valence-corrected chi connectivity index (χ4v) is 2.76. The highest BCUT2D eigenvalue weighted by Crippen LogP contribution is 2.17. The number of rotatable bonds is 7. The van der Waals surface area contributed by atoms with Gasteiger partial charge in [0.1, 0.15) is 0 Å². The van der Waals surface area contributed by atoms with E-state index in [4.69, 9.17) is 4.74 Å². The molecule has 1 saturated carbocycles. The first-order chi connectivity index (χ1) is 10.2. The Morgan fingerprint density at radius 3 is 2.76 bits per heavy atom. The number of nitrogens with one attached hydrogen (secondary N) is 2. The van der Waals surface area contributed by atoms with Crippen molar-refractivity contribution in [1.29, 1.82) is 0 Å². The molecule has 1 unspecified atom stereocenters. The summed E-state index contributed by atoms with van der Waals surface area (Å²) >= 11 is 0. The Balaban J connectivity index is 1.78. The van der Waals surface area contributed by atoms with Crippen LogP contribution in [0.2, 0.25) is 0 Å². The molecule has 1 aliphatic rings. The summed E-state index contributed by atoms with van der Waals surface area (Å²) in [4.78, 5) is 12.1. The lowest BCUT2D eigenvalue weighted by molar-refractivity contribution is -0.123. The lowest BCUT2D eigenvalue weighted by atomic mass is 10.1. The van der Waals surface area contributed by atoms with Crippen LogP contribution in [0, 0.1) is 0 Å². The van der Waals surface area contributed by atoms with Crippen LogP contribution in [0.1, 0.15) is 43.7 Å². The smallest absolute Gasteiger partial charge is 0.237 e. The van der Waals surface area contributed by atoms with Gasteiger partial charge < -0.3 is 15.4 Å². The fraction of sp³-hybridized carbons (Fsp3) is 0.588. The monoisotopic (exact) mass is 290 g/mol. The predicted molar refractivity (Wildman–Crippen MR) is 83.9 cm³/mol. The van der Waals surface area contributed by atoms with Gasteiger partial charge in [0.05, 0.1) is 12.6 Å². The van der Waals surface area contributed by atoms with Crippen molar-refractivity contribution in [2.24, 2.45) is 0 Å². The first-order valence-electron chi connectivity index (χ1n) is 7.79. The van der Waals surface area contributed by atoms with Gasteiger partial charge in [0.2, 0.25) is 5.91 Å². The second-order valence-electron chi connectivity index (χ2n) is 5.85. The van der Waals surface area contributed by atoms with Crippen LogP contribution in [-0.4, -0.2) is 25.1 Å². The van der Waals surface area contributed by atoms with Gasteiger partial charge in [-0.1, -0.05) is 37.1 Å². The van der Waals surface area contributed by atoms with E-state index in [-0.39, 0.29) is 11.9 Å². The zero-order valence-electron chi connectivity index (χ0n) is 13.0. The maximum Gasteiger partial charge on any atom is 0.237 e. The summed E-state index contributed by atoms with van der Waals surface area (Å²) < 4.78 is 5.14. The minimum atomic E-state index is -0.170. The van der Waals surface area contributed by atoms with Gasteiger partial charge in [-0.2, -0.15) is 0 Å².